The fourth-order valence-electron chi connectivity index (χ4n) is 2.21. The van der Waals surface area contributed by atoms with Gasteiger partial charge in [0.15, 0.2) is 0 Å². The van der Waals surface area contributed by atoms with Gasteiger partial charge in [0, 0.05) is 18.1 Å². The topological polar surface area (TPSA) is 48.0 Å². The molecule has 0 fully saturated rings. The highest BCUT2D eigenvalue weighted by molar-refractivity contribution is 6.15. The number of rotatable bonds is 4. The number of fused-ring (bicyclic) bond motifs is 1. The van der Waals surface area contributed by atoms with E-state index in [-0.39, 0.29) is 5.78 Å². The van der Waals surface area contributed by atoms with Crippen LogP contribution in [0.1, 0.15) is 29.4 Å². The van der Waals surface area contributed by atoms with E-state index in [0.717, 1.165) is 23.9 Å². The van der Waals surface area contributed by atoms with Gasteiger partial charge in [-0.1, -0.05) is 25.1 Å². The number of carbonyl (C=O) groups excluding carboxylic acids is 1. The summed E-state index contributed by atoms with van der Waals surface area (Å²) in [6.45, 7) is 2.80. The Kier molecular flexibility index (Phi) is 2.91. The Morgan fingerprint density at radius 2 is 2.16 bits per heavy atom. The molecule has 2 heterocycles. The summed E-state index contributed by atoms with van der Waals surface area (Å²) in [5.74, 6) is -0.0455. The lowest BCUT2D eigenvalue weighted by atomic mass is 10.1. The van der Waals surface area contributed by atoms with E-state index in [1.165, 1.54) is 6.26 Å². The minimum absolute atomic E-state index is 0.0455. The zero-order valence-electron chi connectivity index (χ0n) is 10.7. The van der Waals surface area contributed by atoms with Gasteiger partial charge in [-0.2, -0.15) is 5.10 Å². The van der Waals surface area contributed by atoms with Crippen molar-refractivity contribution in [2.75, 3.05) is 0 Å². The van der Waals surface area contributed by atoms with Gasteiger partial charge in [0.1, 0.15) is 17.5 Å². The molecular formula is C15H14N2O2. The van der Waals surface area contributed by atoms with Crippen molar-refractivity contribution in [2.24, 2.45) is 0 Å². The molecule has 3 aromatic rings. The molecule has 0 amide bonds. The van der Waals surface area contributed by atoms with E-state index in [0.29, 0.717) is 11.3 Å². The van der Waals surface area contributed by atoms with Gasteiger partial charge >= 0.3 is 0 Å². The number of nitrogens with zero attached hydrogens (tertiary/aromatic N) is 2. The Balaban J connectivity index is 2.06. The molecule has 0 aliphatic carbocycles. The number of aromatic nitrogens is 2. The molecular weight excluding hydrogens is 240 g/mol. The van der Waals surface area contributed by atoms with Gasteiger partial charge in [-0.15, -0.1) is 0 Å². The van der Waals surface area contributed by atoms with Crippen molar-refractivity contribution in [3.63, 3.8) is 0 Å². The predicted octanol–water partition coefficient (Wildman–Crippen LogP) is 3.27. The molecule has 0 N–H and O–H groups in total. The normalized spacial score (nSPS) is 11.0. The maximum atomic E-state index is 12.6. The molecule has 96 valence electrons. The Labute approximate surface area is 110 Å². The van der Waals surface area contributed by atoms with Crippen molar-refractivity contribution < 1.29 is 9.21 Å². The number of aryl methyl sites for hydroxylation is 1. The SMILES string of the molecule is CCCn1nccc1C(=O)c1coc2ccccc12. The smallest absolute Gasteiger partial charge is 0.214 e. The second-order valence-electron chi connectivity index (χ2n) is 4.41. The number of carbonyl (C=O) groups is 1. The van der Waals surface area contributed by atoms with Crippen LogP contribution in [0.5, 0.6) is 0 Å². The summed E-state index contributed by atoms with van der Waals surface area (Å²) >= 11 is 0. The number of hydrogen-bond donors (Lipinski definition) is 0. The molecule has 0 saturated heterocycles. The van der Waals surface area contributed by atoms with Gasteiger partial charge < -0.3 is 4.42 Å². The van der Waals surface area contributed by atoms with Gasteiger partial charge in [-0.3, -0.25) is 9.48 Å². The van der Waals surface area contributed by atoms with Crippen molar-refractivity contribution in [3.8, 4) is 0 Å². The van der Waals surface area contributed by atoms with Gasteiger partial charge in [0.25, 0.3) is 0 Å². The maximum Gasteiger partial charge on any atom is 0.214 e. The summed E-state index contributed by atoms with van der Waals surface area (Å²) in [6, 6.07) is 9.29. The van der Waals surface area contributed by atoms with Gasteiger partial charge in [-0.25, -0.2) is 0 Å². The van der Waals surface area contributed by atoms with Crippen LogP contribution in [0, 0.1) is 0 Å². The average molecular weight is 254 g/mol. The third-order valence-electron chi connectivity index (χ3n) is 3.11. The highest BCUT2D eigenvalue weighted by atomic mass is 16.3. The van der Waals surface area contributed by atoms with Crippen LogP contribution in [0.15, 0.2) is 47.2 Å². The van der Waals surface area contributed by atoms with Crippen molar-refractivity contribution in [1.29, 1.82) is 0 Å². The quantitative estimate of drug-likeness (QED) is 0.671. The van der Waals surface area contributed by atoms with E-state index in [4.69, 9.17) is 4.42 Å². The molecule has 0 aliphatic rings. The average Bonchev–Trinajstić information content (AvgIpc) is 3.04. The Morgan fingerprint density at radius 1 is 1.32 bits per heavy atom. The molecule has 1 aromatic carbocycles. The lowest BCUT2D eigenvalue weighted by Gasteiger charge is -2.03. The summed E-state index contributed by atoms with van der Waals surface area (Å²) in [7, 11) is 0. The third-order valence-corrected chi connectivity index (χ3v) is 3.11. The van der Waals surface area contributed by atoms with Crippen molar-refractivity contribution in [1.82, 2.24) is 9.78 Å². The fourth-order valence-corrected chi connectivity index (χ4v) is 2.21. The summed E-state index contributed by atoms with van der Waals surface area (Å²) < 4.78 is 7.16. The van der Waals surface area contributed by atoms with Crippen molar-refractivity contribution in [2.45, 2.75) is 19.9 Å². The van der Waals surface area contributed by atoms with E-state index in [2.05, 4.69) is 12.0 Å². The molecule has 0 radical (unpaired) electrons. The number of para-hydroxylation sites is 1. The molecule has 0 spiro atoms. The number of hydrogen-bond acceptors (Lipinski definition) is 3. The first-order valence-corrected chi connectivity index (χ1v) is 6.34. The van der Waals surface area contributed by atoms with E-state index in [9.17, 15) is 4.79 Å². The summed E-state index contributed by atoms with van der Waals surface area (Å²) in [5.41, 5.74) is 1.93. The van der Waals surface area contributed by atoms with Gasteiger partial charge in [0.05, 0.1) is 5.56 Å². The first kappa shape index (κ1) is 11.7. The molecule has 0 atom stereocenters. The van der Waals surface area contributed by atoms with Crippen LogP contribution >= 0.6 is 0 Å². The van der Waals surface area contributed by atoms with E-state index in [1.807, 2.05) is 24.3 Å². The van der Waals surface area contributed by atoms with Crippen LogP contribution in [0.2, 0.25) is 0 Å². The Morgan fingerprint density at radius 3 is 3.00 bits per heavy atom. The van der Waals surface area contributed by atoms with E-state index in [1.54, 1.807) is 16.9 Å². The molecule has 4 nitrogen and oxygen atoms in total. The molecule has 0 bridgehead atoms. The van der Waals surface area contributed by atoms with Crippen LogP contribution in [0.25, 0.3) is 11.0 Å². The molecule has 4 heteroatoms. The monoisotopic (exact) mass is 254 g/mol. The zero-order chi connectivity index (χ0) is 13.2. The number of furan rings is 1. The second kappa shape index (κ2) is 4.72. The highest BCUT2D eigenvalue weighted by Crippen LogP contribution is 2.23. The predicted molar refractivity (Wildman–Crippen MR) is 72.2 cm³/mol. The fraction of sp³-hybridized carbons (Fsp3) is 0.200. The standard InChI is InChI=1S/C15H14N2O2/c1-2-9-17-13(7-8-16-17)15(18)12-10-19-14-6-4-3-5-11(12)14/h3-8,10H,2,9H2,1H3. The zero-order valence-corrected chi connectivity index (χ0v) is 10.7. The van der Waals surface area contributed by atoms with E-state index >= 15 is 0 Å². The third kappa shape index (κ3) is 1.95. The molecule has 2 aromatic heterocycles. The van der Waals surface area contributed by atoms with Crippen LogP contribution in [0.3, 0.4) is 0 Å². The molecule has 3 rings (SSSR count). The summed E-state index contributed by atoms with van der Waals surface area (Å²) in [5, 5.41) is 5.03. The first-order valence-electron chi connectivity index (χ1n) is 6.34. The maximum absolute atomic E-state index is 12.6. The summed E-state index contributed by atoms with van der Waals surface area (Å²) in [4.78, 5) is 12.6. The van der Waals surface area contributed by atoms with Crippen molar-refractivity contribution >= 4 is 16.8 Å². The van der Waals surface area contributed by atoms with Crippen LogP contribution in [-0.2, 0) is 6.54 Å². The molecule has 0 aliphatic heterocycles. The number of ketones is 1. The minimum Gasteiger partial charge on any atom is -0.464 e. The first-order chi connectivity index (χ1) is 9.31. The Bertz CT molecular complexity index is 724. The van der Waals surface area contributed by atoms with Gasteiger partial charge in [-0.05, 0) is 18.6 Å². The lowest BCUT2D eigenvalue weighted by Crippen LogP contribution is -2.11. The van der Waals surface area contributed by atoms with Crippen LogP contribution in [-0.4, -0.2) is 15.6 Å². The van der Waals surface area contributed by atoms with Crippen LogP contribution in [0.4, 0.5) is 0 Å². The Hall–Kier alpha value is -2.36. The lowest BCUT2D eigenvalue weighted by molar-refractivity contribution is 0.102. The van der Waals surface area contributed by atoms with Crippen LogP contribution < -0.4 is 0 Å². The van der Waals surface area contributed by atoms with E-state index < -0.39 is 0 Å². The molecule has 0 unspecified atom stereocenters. The van der Waals surface area contributed by atoms with Gasteiger partial charge in [0.2, 0.25) is 5.78 Å². The second-order valence-corrected chi connectivity index (χ2v) is 4.41. The molecule has 0 saturated carbocycles. The number of benzene rings is 1. The largest absolute Gasteiger partial charge is 0.464 e. The summed E-state index contributed by atoms with van der Waals surface area (Å²) in [6.07, 6.45) is 4.12. The highest BCUT2D eigenvalue weighted by Gasteiger charge is 2.18. The minimum atomic E-state index is -0.0455. The molecule has 19 heavy (non-hydrogen) atoms. The van der Waals surface area contributed by atoms with Crippen molar-refractivity contribution in [3.05, 3.63) is 54.0 Å².